The largest absolute Gasteiger partial charge is 0.479 e. The van der Waals surface area contributed by atoms with Crippen LogP contribution in [-0.2, 0) is 9.59 Å². The highest BCUT2D eigenvalue weighted by Gasteiger charge is 2.32. The number of hydrogen-bond acceptors (Lipinski definition) is 8. The first kappa shape index (κ1) is 25.8. The van der Waals surface area contributed by atoms with Crippen molar-refractivity contribution in [1.29, 1.82) is 10.5 Å². The number of unbranched alkanes of at least 4 members (excludes halogenated alkanes) is 2. The van der Waals surface area contributed by atoms with Crippen molar-refractivity contribution in [2.75, 3.05) is 39.3 Å². The maximum absolute atomic E-state index is 12.3. The van der Waals surface area contributed by atoms with E-state index in [-0.39, 0.29) is 0 Å². The summed E-state index contributed by atoms with van der Waals surface area (Å²) < 4.78 is 0. The number of carboxylic acid groups (broad SMARTS) is 1. The van der Waals surface area contributed by atoms with E-state index in [0.29, 0.717) is 65.0 Å². The molecular weight excluding hydrogens is 366 g/mol. The molecule has 10 heteroatoms. The standard InChI is InChI=1S/C18H31N5O5/c19-7-5-11-21-9-1-3-13-23(14-4-2-10-22-12-6-8-20)17(26)15(24)16(25)18(27)28/h15-16,21-22,24-25H,1-6,9-14H2,(H,27,28). The summed E-state index contributed by atoms with van der Waals surface area (Å²) in [7, 11) is 0. The summed E-state index contributed by atoms with van der Waals surface area (Å²) in [6.45, 7) is 3.25. The second-order valence-electron chi connectivity index (χ2n) is 6.28. The van der Waals surface area contributed by atoms with Crippen molar-refractivity contribution in [2.24, 2.45) is 0 Å². The van der Waals surface area contributed by atoms with Gasteiger partial charge in [0.1, 0.15) is 0 Å². The van der Waals surface area contributed by atoms with Crippen LogP contribution in [0.25, 0.3) is 0 Å². The Labute approximate surface area is 165 Å². The Bertz CT molecular complexity index is 503. The molecular formula is C18H31N5O5. The molecule has 0 rings (SSSR count). The summed E-state index contributed by atoms with van der Waals surface area (Å²) in [6, 6.07) is 4.07. The van der Waals surface area contributed by atoms with E-state index in [1.165, 1.54) is 4.90 Å². The number of nitriles is 2. The predicted octanol–water partition coefficient (Wildman–Crippen LogP) is -0.812. The highest BCUT2D eigenvalue weighted by atomic mass is 16.4. The normalized spacial score (nSPS) is 12.6. The van der Waals surface area contributed by atoms with Crippen LogP contribution in [0.15, 0.2) is 0 Å². The van der Waals surface area contributed by atoms with E-state index in [1.807, 2.05) is 12.1 Å². The molecule has 0 saturated heterocycles. The van der Waals surface area contributed by atoms with Crippen molar-refractivity contribution in [3.63, 3.8) is 0 Å². The summed E-state index contributed by atoms with van der Waals surface area (Å²) >= 11 is 0. The Balaban J connectivity index is 4.41. The van der Waals surface area contributed by atoms with Gasteiger partial charge in [-0.3, -0.25) is 4.79 Å². The summed E-state index contributed by atoms with van der Waals surface area (Å²) in [5.74, 6) is -2.45. The van der Waals surface area contributed by atoms with Crippen LogP contribution in [0.5, 0.6) is 0 Å². The smallest absolute Gasteiger partial charge is 0.335 e. The number of rotatable bonds is 17. The minimum Gasteiger partial charge on any atom is -0.479 e. The molecule has 158 valence electrons. The van der Waals surface area contributed by atoms with Crippen LogP contribution in [0.2, 0.25) is 0 Å². The number of carbonyl (C=O) groups excluding carboxylic acids is 1. The quantitative estimate of drug-likeness (QED) is 0.197. The van der Waals surface area contributed by atoms with Crippen LogP contribution in [-0.4, -0.2) is 83.6 Å². The number of amides is 1. The fourth-order valence-corrected chi connectivity index (χ4v) is 2.43. The zero-order valence-corrected chi connectivity index (χ0v) is 16.1. The van der Waals surface area contributed by atoms with Gasteiger partial charge in [-0.1, -0.05) is 0 Å². The zero-order chi connectivity index (χ0) is 21.2. The van der Waals surface area contributed by atoms with Gasteiger partial charge in [-0.05, 0) is 38.8 Å². The van der Waals surface area contributed by atoms with Crippen LogP contribution in [0.3, 0.4) is 0 Å². The maximum Gasteiger partial charge on any atom is 0.335 e. The highest BCUT2D eigenvalue weighted by molar-refractivity contribution is 5.87. The second-order valence-corrected chi connectivity index (χ2v) is 6.28. The monoisotopic (exact) mass is 397 g/mol. The van der Waals surface area contributed by atoms with Gasteiger partial charge < -0.3 is 30.9 Å². The van der Waals surface area contributed by atoms with Gasteiger partial charge in [0.25, 0.3) is 5.91 Å². The second kappa shape index (κ2) is 16.9. The molecule has 0 radical (unpaired) electrons. The molecule has 0 aliphatic carbocycles. The molecule has 2 atom stereocenters. The van der Waals surface area contributed by atoms with Crippen molar-refractivity contribution < 1.29 is 24.9 Å². The lowest BCUT2D eigenvalue weighted by molar-refractivity contribution is -0.162. The highest BCUT2D eigenvalue weighted by Crippen LogP contribution is 2.06. The van der Waals surface area contributed by atoms with E-state index < -0.39 is 24.1 Å². The minimum absolute atomic E-state index is 0.337. The summed E-state index contributed by atoms with van der Waals surface area (Å²) in [5.41, 5.74) is 0. The van der Waals surface area contributed by atoms with E-state index in [4.69, 9.17) is 15.6 Å². The molecule has 0 saturated carbocycles. The molecule has 0 heterocycles. The van der Waals surface area contributed by atoms with Gasteiger partial charge >= 0.3 is 5.97 Å². The van der Waals surface area contributed by atoms with Gasteiger partial charge in [-0.25, -0.2) is 4.79 Å². The van der Waals surface area contributed by atoms with Crippen LogP contribution in [0, 0.1) is 22.7 Å². The summed E-state index contributed by atoms with van der Waals surface area (Å²) in [6.07, 6.45) is -0.525. The minimum atomic E-state index is -2.16. The lowest BCUT2D eigenvalue weighted by Gasteiger charge is -2.26. The SMILES string of the molecule is N#CCCNCCCCN(CCCCNCCC#N)C(=O)C(O)C(O)C(=O)O. The molecule has 0 spiro atoms. The fourth-order valence-electron chi connectivity index (χ4n) is 2.43. The molecule has 0 aliphatic rings. The van der Waals surface area contributed by atoms with Crippen molar-refractivity contribution in [3.05, 3.63) is 0 Å². The van der Waals surface area contributed by atoms with Crippen LogP contribution < -0.4 is 10.6 Å². The van der Waals surface area contributed by atoms with E-state index >= 15 is 0 Å². The first-order valence-electron chi connectivity index (χ1n) is 9.48. The van der Waals surface area contributed by atoms with Gasteiger partial charge in [0.15, 0.2) is 12.2 Å². The average molecular weight is 397 g/mol. The van der Waals surface area contributed by atoms with E-state index in [0.717, 1.165) is 12.8 Å². The van der Waals surface area contributed by atoms with Crippen molar-refractivity contribution in [3.8, 4) is 12.1 Å². The van der Waals surface area contributed by atoms with Gasteiger partial charge in [0, 0.05) is 39.0 Å². The number of aliphatic hydroxyl groups is 2. The molecule has 1 amide bonds. The Hall–Kier alpha value is -2.24. The molecule has 10 nitrogen and oxygen atoms in total. The molecule has 2 unspecified atom stereocenters. The first-order chi connectivity index (χ1) is 13.5. The van der Waals surface area contributed by atoms with Crippen LogP contribution in [0.1, 0.15) is 38.5 Å². The first-order valence-corrected chi connectivity index (χ1v) is 9.48. The number of nitrogens with one attached hydrogen (secondary N) is 2. The maximum atomic E-state index is 12.3. The molecule has 0 bridgehead atoms. The number of aliphatic carboxylic acids is 1. The van der Waals surface area contributed by atoms with Crippen molar-refractivity contribution >= 4 is 11.9 Å². The number of aliphatic hydroxyl groups excluding tert-OH is 2. The predicted molar refractivity (Wildman–Crippen MR) is 101 cm³/mol. The van der Waals surface area contributed by atoms with Crippen LogP contribution >= 0.6 is 0 Å². The number of carboxylic acids is 1. The van der Waals surface area contributed by atoms with Gasteiger partial charge in [-0.15, -0.1) is 0 Å². The van der Waals surface area contributed by atoms with Gasteiger partial charge in [0.05, 0.1) is 12.1 Å². The third-order valence-electron chi connectivity index (χ3n) is 4.01. The van der Waals surface area contributed by atoms with Crippen LogP contribution in [0.4, 0.5) is 0 Å². The molecule has 0 aromatic carbocycles. The van der Waals surface area contributed by atoms with Crippen molar-refractivity contribution in [2.45, 2.75) is 50.7 Å². The molecule has 0 aliphatic heterocycles. The Kier molecular flexibility index (Phi) is 15.5. The van der Waals surface area contributed by atoms with E-state index in [2.05, 4.69) is 10.6 Å². The number of carbonyl (C=O) groups is 2. The fraction of sp³-hybridized carbons (Fsp3) is 0.778. The Morgan fingerprint density at radius 1 is 0.821 bits per heavy atom. The molecule has 0 fully saturated rings. The van der Waals surface area contributed by atoms with Gasteiger partial charge in [-0.2, -0.15) is 10.5 Å². The third-order valence-corrected chi connectivity index (χ3v) is 4.01. The molecule has 28 heavy (non-hydrogen) atoms. The lowest BCUT2D eigenvalue weighted by atomic mass is 10.1. The summed E-state index contributed by atoms with van der Waals surface area (Å²) in [5, 5.41) is 51.1. The lowest BCUT2D eigenvalue weighted by Crippen LogP contribution is -2.48. The average Bonchev–Trinajstić information content (AvgIpc) is 2.69. The molecule has 5 N–H and O–H groups in total. The van der Waals surface area contributed by atoms with Crippen molar-refractivity contribution in [1.82, 2.24) is 15.5 Å². The van der Waals surface area contributed by atoms with E-state index in [9.17, 15) is 19.8 Å². The summed E-state index contributed by atoms with van der Waals surface area (Å²) in [4.78, 5) is 24.5. The Morgan fingerprint density at radius 3 is 1.68 bits per heavy atom. The molecule has 0 aromatic rings. The molecule has 0 aromatic heterocycles. The zero-order valence-electron chi connectivity index (χ0n) is 16.1. The van der Waals surface area contributed by atoms with Gasteiger partial charge in [0.2, 0.25) is 0 Å². The van der Waals surface area contributed by atoms with E-state index in [1.54, 1.807) is 0 Å². The third kappa shape index (κ3) is 12.2. The topological polar surface area (TPSA) is 170 Å². The number of nitrogens with zero attached hydrogens (tertiary/aromatic N) is 3. The Morgan fingerprint density at radius 2 is 1.29 bits per heavy atom. The number of hydrogen-bond donors (Lipinski definition) is 5.